The van der Waals surface area contributed by atoms with Gasteiger partial charge in [0.25, 0.3) is 0 Å². The van der Waals surface area contributed by atoms with Crippen molar-refractivity contribution in [3.8, 4) is 0 Å². The molecule has 14 heavy (non-hydrogen) atoms. The Hall–Kier alpha value is -1.03. The van der Waals surface area contributed by atoms with Crippen LogP contribution in [-0.4, -0.2) is 16.1 Å². The SMILES string of the molecule is Cc1ccc(NC(=O)C(C)S)c(C)n1. The van der Waals surface area contributed by atoms with Gasteiger partial charge in [0, 0.05) is 5.69 Å². The molecule has 0 aliphatic carbocycles. The Morgan fingerprint density at radius 1 is 1.50 bits per heavy atom. The molecule has 0 aromatic carbocycles. The lowest BCUT2D eigenvalue weighted by Gasteiger charge is -2.09. The Balaban J connectivity index is 2.82. The fraction of sp³-hybridized carbons (Fsp3) is 0.400. The number of carbonyl (C=O) groups excluding carboxylic acids is 1. The Labute approximate surface area is 89.3 Å². The highest BCUT2D eigenvalue weighted by atomic mass is 32.1. The summed E-state index contributed by atoms with van der Waals surface area (Å²) in [5.41, 5.74) is 2.52. The topological polar surface area (TPSA) is 42.0 Å². The van der Waals surface area contributed by atoms with Gasteiger partial charge < -0.3 is 5.32 Å². The van der Waals surface area contributed by atoms with Crippen LogP contribution in [0.4, 0.5) is 5.69 Å². The Morgan fingerprint density at radius 3 is 2.64 bits per heavy atom. The van der Waals surface area contributed by atoms with E-state index in [0.29, 0.717) is 0 Å². The molecule has 0 aliphatic heterocycles. The molecule has 1 heterocycles. The van der Waals surface area contributed by atoms with E-state index in [1.165, 1.54) is 0 Å². The standard InChI is InChI=1S/C10H14N2OS/c1-6-4-5-9(7(2)11-6)12-10(13)8(3)14/h4-5,8,14H,1-3H3,(H,12,13). The van der Waals surface area contributed by atoms with E-state index in [4.69, 9.17) is 0 Å². The Bertz CT molecular complexity index is 350. The van der Waals surface area contributed by atoms with Crippen LogP contribution in [0, 0.1) is 13.8 Å². The number of anilines is 1. The second-order valence-corrected chi connectivity index (χ2v) is 4.03. The third-order valence-electron chi connectivity index (χ3n) is 1.86. The first kappa shape index (κ1) is 11.0. The summed E-state index contributed by atoms with van der Waals surface area (Å²) in [6, 6.07) is 3.72. The van der Waals surface area contributed by atoms with Crippen molar-refractivity contribution in [3.63, 3.8) is 0 Å². The van der Waals surface area contributed by atoms with E-state index < -0.39 is 0 Å². The summed E-state index contributed by atoms with van der Waals surface area (Å²) >= 11 is 4.05. The van der Waals surface area contributed by atoms with Crippen LogP contribution in [0.1, 0.15) is 18.3 Å². The fourth-order valence-electron chi connectivity index (χ4n) is 1.06. The third-order valence-corrected chi connectivity index (χ3v) is 2.10. The van der Waals surface area contributed by atoms with Gasteiger partial charge in [-0.15, -0.1) is 0 Å². The van der Waals surface area contributed by atoms with Crippen molar-refractivity contribution in [1.82, 2.24) is 4.98 Å². The van der Waals surface area contributed by atoms with Gasteiger partial charge in [-0.2, -0.15) is 12.6 Å². The molecule has 0 saturated heterocycles. The van der Waals surface area contributed by atoms with Crippen molar-refractivity contribution in [3.05, 3.63) is 23.5 Å². The number of pyridine rings is 1. The molecule has 0 aliphatic rings. The lowest BCUT2D eigenvalue weighted by molar-refractivity contribution is -0.115. The largest absolute Gasteiger partial charge is 0.324 e. The summed E-state index contributed by atoms with van der Waals surface area (Å²) in [5, 5.41) is 2.45. The molecule has 1 unspecified atom stereocenters. The van der Waals surface area contributed by atoms with Crippen LogP contribution in [0.15, 0.2) is 12.1 Å². The van der Waals surface area contributed by atoms with Crippen LogP contribution < -0.4 is 5.32 Å². The van der Waals surface area contributed by atoms with Crippen molar-refractivity contribution in [2.75, 3.05) is 5.32 Å². The van der Waals surface area contributed by atoms with Gasteiger partial charge in [-0.05, 0) is 32.9 Å². The molecular weight excluding hydrogens is 196 g/mol. The lowest BCUT2D eigenvalue weighted by atomic mass is 10.2. The number of hydrogen-bond donors (Lipinski definition) is 2. The van der Waals surface area contributed by atoms with Gasteiger partial charge in [-0.25, -0.2) is 0 Å². The molecule has 0 spiro atoms. The molecule has 3 nitrogen and oxygen atoms in total. The summed E-state index contributed by atoms with van der Waals surface area (Å²) in [7, 11) is 0. The molecule has 76 valence electrons. The molecule has 0 fully saturated rings. The highest BCUT2D eigenvalue weighted by Crippen LogP contribution is 2.13. The second kappa shape index (κ2) is 4.46. The van der Waals surface area contributed by atoms with Gasteiger partial charge in [0.05, 0.1) is 16.6 Å². The third kappa shape index (κ3) is 2.73. The first-order valence-electron chi connectivity index (χ1n) is 4.44. The highest BCUT2D eigenvalue weighted by Gasteiger charge is 2.09. The molecule has 1 aromatic rings. The van der Waals surface area contributed by atoms with E-state index in [1.54, 1.807) is 6.92 Å². The van der Waals surface area contributed by atoms with E-state index in [1.807, 2.05) is 26.0 Å². The normalized spacial score (nSPS) is 12.3. The highest BCUT2D eigenvalue weighted by molar-refractivity contribution is 7.81. The maximum Gasteiger partial charge on any atom is 0.236 e. The van der Waals surface area contributed by atoms with E-state index in [-0.39, 0.29) is 11.2 Å². The molecule has 0 bridgehead atoms. The number of amides is 1. The van der Waals surface area contributed by atoms with Crippen LogP contribution in [0.25, 0.3) is 0 Å². The van der Waals surface area contributed by atoms with E-state index >= 15 is 0 Å². The van der Waals surface area contributed by atoms with Gasteiger partial charge >= 0.3 is 0 Å². The van der Waals surface area contributed by atoms with Gasteiger partial charge in [-0.1, -0.05) is 0 Å². The van der Waals surface area contributed by atoms with Crippen LogP contribution in [0.2, 0.25) is 0 Å². The van der Waals surface area contributed by atoms with Crippen LogP contribution in [-0.2, 0) is 4.79 Å². The number of rotatable bonds is 2. The number of nitrogens with zero attached hydrogens (tertiary/aromatic N) is 1. The number of nitrogens with one attached hydrogen (secondary N) is 1. The van der Waals surface area contributed by atoms with Gasteiger partial charge in [0.15, 0.2) is 0 Å². The number of carbonyl (C=O) groups is 1. The molecule has 0 radical (unpaired) electrons. The number of aryl methyl sites for hydroxylation is 2. The fourth-order valence-corrected chi connectivity index (χ4v) is 1.12. The summed E-state index contributed by atoms with van der Waals surface area (Å²) in [6.45, 7) is 5.51. The van der Waals surface area contributed by atoms with Gasteiger partial charge in [-0.3, -0.25) is 9.78 Å². The second-order valence-electron chi connectivity index (χ2n) is 3.25. The molecule has 1 amide bonds. The molecule has 1 rings (SSSR count). The van der Waals surface area contributed by atoms with Gasteiger partial charge in [0.2, 0.25) is 5.91 Å². The predicted octanol–water partition coefficient (Wildman–Crippen LogP) is 1.96. The maximum atomic E-state index is 11.3. The molecule has 0 saturated carbocycles. The van der Waals surface area contributed by atoms with Crippen molar-refractivity contribution in [2.45, 2.75) is 26.0 Å². The quantitative estimate of drug-likeness (QED) is 0.733. The average molecular weight is 210 g/mol. The minimum atomic E-state index is -0.310. The minimum Gasteiger partial charge on any atom is -0.324 e. The zero-order chi connectivity index (χ0) is 10.7. The summed E-state index contributed by atoms with van der Waals surface area (Å²) in [4.78, 5) is 15.6. The van der Waals surface area contributed by atoms with Crippen molar-refractivity contribution < 1.29 is 4.79 Å². The number of hydrogen-bond acceptors (Lipinski definition) is 3. The van der Waals surface area contributed by atoms with Crippen LogP contribution >= 0.6 is 12.6 Å². The zero-order valence-corrected chi connectivity index (χ0v) is 9.43. The maximum absolute atomic E-state index is 11.3. The first-order valence-corrected chi connectivity index (χ1v) is 4.95. The Morgan fingerprint density at radius 2 is 2.14 bits per heavy atom. The van der Waals surface area contributed by atoms with E-state index in [0.717, 1.165) is 17.1 Å². The predicted molar refractivity (Wildman–Crippen MR) is 60.8 cm³/mol. The smallest absolute Gasteiger partial charge is 0.236 e. The van der Waals surface area contributed by atoms with Crippen LogP contribution in [0.3, 0.4) is 0 Å². The van der Waals surface area contributed by atoms with E-state index in [9.17, 15) is 4.79 Å². The molecule has 1 atom stereocenters. The van der Waals surface area contributed by atoms with E-state index in [2.05, 4.69) is 22.9 Å². The summed E-state index contributed by atoms with van der Waals surface area (Å²) < 4.78 is 0. The summed E-state index contributed by atoms with van der Waals surface area (Å²) in [6.07, 6.45) is 0. The minimum absolute atomic E-state index is 0.109. The number of aromatic nitrogens is 1. The summed E-state index contributed by atoms with van der Waals surface area (Å²) in [5.74, 6) is -0.109. The Kier molecular flexibility index (Phi) is 3.52. The van der Waals surface area contributed by atoms with Crippen molar-refractivity contribution >= 4 is 24.2 Å². The molecule has 1 aromatic heterocycles. The molecular formula is C10H14N2OS. The monoisotopic (exact) mass is 210 g/mol. The zero-order valence-electron chi connectivity index (χ0n) is 8.53. The lowest BCUT2D eigenvalue weighted by Crippen LogP contribution is -2.21. The van der Waals surface area contributed by atoms with Gasteiger partial charge in [0.1, 0.15) is 0 Å². The van der Waals surface area contributed by atoms with Crippen molar-refractivity contribution in [1.29, 1.82) is 0 Å². The average Bonchev–Trinajstić information content (AvgIpc) is 2.09. The molecule has 4 heteroatoms. The molecule has 1 N–H and O–H groups in total. The van der Waals surface area contributed by atoms with Crippen LogP contribution in [0.5, 0.6) is 0 Å². The van der Waals surface area contributed by atoms with Crippen molar-refractivity contribution in [2.24, 2.45) is 0 Å². The number of thiol groups is 1. The first-order chi connectivity index (χ1) is 6.50.